The second kappa shape index (κ2) is 7.31. The molecule has 20 heavy (non-hydrogen) atoms. The summed E-state index contributed by atoms with van der Waals surface area (Å²) in [6, 6.07) is 5.46. The third kappa shape index (κ3) is 3.47. The van der Waals surface area contributed by atoms with Crippen LogP contribution in [0.25, 0.3) is 0 Å². The van der Waals surface area contributed by atoms with Gasteiger partial charge in [0.15, 0.2) is 11.0 Å². The second-order valence-corrected chi connectivity index (χ2v) is 5.95. The number of thioether (sulfide) groups is 1. The van der Waals surface area contributed by atoms with E-state index < -0.39 is 0 Å². The van der Waals surface area contributed by atoms with Crippen molar-refractivity contribution in [2.24, 2.45) is 0 Å². The quantitative estimate of drug-likeness (QED) is 0.818. The van der Waals surface area contributed by atoms with Crippen molar-refractivity contribution >= 4 is 35.0 Å². The molecule has 0 aliphatic rings. The summed E-state index contributed by atoms with van der Waals surface area (Å²) in [5, 5.41) is 19.4. The summed E-state index contributed by atoms with van der Waals surface area (Å²) in [6.45, 7) is 2.74. The molecule has 7 heteroatoms. The first-order chi connectivity index (χ1) is 9.67. The monoisotopic (exact) mass is 331 g/mol. The molecule has 1 N–H and O–H groups in total. The van der Waals surface area contributed by atoms with Gasteiger partial charge in [0.05, 0.1) is 0 Å². The van der Waals surface area contributed by atoms with Gasteiger partial charge in [-0.05, 0) is 24.1 Å². The van der Waals surface area contributed by atoms with Crippen molar-refractivity contribution in [2.75, 3.05) is 0 Å². The molecular weight excluding hydrogens is 317 g/mol. The van der Waals surface area contributed by atoms with Crippen LogP contribution in [0, 0.1) is 0 Å². The minimum Gasteiger partial charge on any atom is -0.388 e. The highest BCUT2D eigenvalue weighted by Gasteiger charge is 2.13. The van der Waals surface area contributed by atoms with Crippen LogP contribution in [0.15, 0.2) is 23.4 Å². The highest BCUT2D eigenvalue weighted by molar-refractivity contribution is 7.98. The maximum absolute atomic E-state index is 9.26. The number of halogens is 2. The van der Waals surface area contributed by atoms with E-state index in [0.29, 0.717) is 21.6 Å². The lowest BCUT2D eigenvalue weighted by Crippen LogP contribution is -2.04. The lowest BCUT2D eigenvalue weighted by Gasteiger charge is -2.09. The first kappa shape index (κ1) is 15.6. The van der Waals surface area contributed by atoms with Crippen LogP contribution < -0.4 is 0 Å². The van der Waals surface area contributed by atoms with Gasteiger partial charge in [0.25, 0.3) is 0 Å². The van der Waals surface area contributed by atoms with E-state index in [1.165, 1.54) is 11.8 Å². The molecule has 0 fully saturated rings. The number of aromatic nitrogens is 3. The van der Waals surface area contributed by atoms with Gasteiger partial charge in [0.2, 0.25) is 0 Å². The van der Waals surface area contributed by atoms with Crippen molar-refractivity contribution in [1.82, 2.24) is 14.8 Å². The summed E-state index contributed by atoms with van der Waals surface area (Å²) in [7, 11) is 0. The van der Waals surface area contributed by atoms with Gasteiger partial charge in [-0.3, -0.25) is 0 Å². The van der Waals surface area contributed by atoms with E-state index in [4.69, 9.17) is 23.2 Å². The number of hydrogen-bond donors (Lipinski definition) is 1. The Balaban J connectivity index is 2.17. The van der Waals surface area contributed by atoms with Crippen LogP contribution in [0.2, 0.25) is 10.0 Å². The molecule has 0 amide bonds. The molecule has 0 aliphatic heterocycles. The molecule has 0 atom stereocenters. The van der Waals surface area contributed by atoms with Crippen molar-refractivity contribution in [1.29, 1.82) is 0 Å². The summed E-state index contributed by atoms with van der Waals surface area (Å²) in [6.07, 6.45) is 0.950. The topological polar surface area (TPSA) is 50.9 Å². The summed E-state index contributed by atoms with van der Waals surface area (Å²) in [5.74, 6) is 1.20. The number of aliphatic hydroxyl groups excluding tert-OH is 1. The fourth-order valence-corrected chi connectivity index (χ4v) is 3.52. The Hall–Kier alpha value is -0.750. The molecule has 4 nitrogen and oxygen atoms in total. The molecule has 0 saturated carbocycles. The van der Waals surface area contributed by atoms with Crippen molar-refractivity contribution in [3.63, 3.8) is 0 Å². The predicted molar refractivity (Wildman–Crippen MR) is 82.3 cm³/mol. The van der Waals surface area contributed by atoms with Crippen LogP contribution in [-0.2, 0) is 18.9 Å². The normalized spacial score (nSPS) is 11.0. The smallest absolute Gasteiger partial charge is 0.191 e. The van der Waals surface area contributed by atoms with Crippen LogP contribution >= 0.6 is 35.0 Å². The van der Waals surface area contributed by atoms with Gasteiger partial charge >= 0.3 is 0 Å². The van der Waals surface area contributed by atoms with E-state index in [1.807, 2.05) is 22.8 Å². The van der Waals surface area contributed by atoms with Crippen LogP contribution in [0.1, 0.15) is 24.7 Å². The standard InChI is InChI=1S/C13H15Cl2N3OS/c1-2-6-18-12(7-19)16-17-13(18)20-8-9-10(14)4-3-5-11(9)15/h3-5,19H,2,6-8H2,1H3. The van der Waals surface area contributed by atoms with E-state index in [1.54, 1.807) is 0 Å². The van der Waals surface area contributed by atoms with E-state index in [-0.39, 0.29) is 6.61 Å². The van der Waals surface area contributed by atoms with E-state index >= 15 is 0 Å². The molecule has 2 rings (SSSR count). The molecular formula is C13H15Cl2N3OS. The lowest BCUT2D eigenvalue weighted by atomic mass is 10.2. The van der Waals surface area contributed by atoms with E-state index in [9.17, 15) is 5.11 Å². The van der Waals surface area contributed by atoms with Crippen LogP contribution in [0.4, 0.5) is 0 Å². The summed E-state index contributed by atoms with van der Waals surface area (Å²) >= 11 is 13.8. The van der Waals surface area contributed by atoms with Gasteiger partial charge in [-0.1, -0.05) is 48.0 Å². The molecule has 0 radical (unpaired) electrons. The lowest BCUT2D eigenvalue weighted by molar-refractivity contribution is 0.263. The van der Waals surface area contributed by atoms with Crippen molar-refractivity contribution in [3.8, 4) is 0 Å². The number of rotatable bonds is 6. The predicted octanol–water partition coefficient (Wildman–Crippen LogP) is 3.78. The molecule has 1 aromatic carbocycles. The number of hydrogen-bond acceptors (Lipinski definition) is 4. The highest BCUT2D eigenvalue weighted by Crippen LogP contribution is 2.31. The molecule has 1 aromatic heterocycles. The average molecular weight is 332 g/mol. The van der Waals surface area contributed by atoms with Crippen LogP contribution in [-0.4, -0.2) is 19.9 Å². The zero-order valence-electron chi connectivity index (χ0n) is 11.0. The molecule has 0 saturated heterocycles. The molecule has 0 bridgehead atoms. The summed E-state index contributed by atoms with van der Waals surface area (Å²) in [4.78, 5) is 0. The SMILES string of the molecule is CCCn1c(CO)nnc1SCc1c(Cl)cccc1Cl. The fraction of sp³-hybridized carbons (Fsp3) is 0.385. The Morgan fingerprint density at radius 3 is 2.55 bits per heavy atom. The Morgan fingerprint density at radius 1 is 1.25 bits per heavy atom. The highest BCUT2D eigenvalue weighted by atomic mass is 35.5. The van der Waals surface area contributed by atoms with Gasteiger partial charge in [-0.15, -0.1) is 10.2 Å². The Kier molecular flexibility index (Phi) is 5.72. The summed E-state index contributed by atoms with van der Waals surface area (Å²) in [5.41, 5.74) is 0.887. The Labute approximate surface area is 132 Å². The number of nitrogens with zero attached hydrogens (tertiary/aromatic N) is 3. The third-order valence-corrected chi connectivity index (χ3v) is 4.49. The third-order valence-electron chi connectivity index (χ3n) is 2.79. The van der Waals surface area contributed by atoms with Crippen molar-refractivity contribution in [2.45, 2.75) is 37.4 Å². The zero-order valence-corrected chi connectivity index (χ0v) is 13.3. The Morgan fingerprint density at radius 2 is 1.95 bits per heavy atom. The molecule has 108 valence electrons. The first-order valence-corrected chi connectivity index (χ1v) is 8.00. The van der Waals surface area contributed by atoms with Crippen LogP contribution in [0.3, 0.4) is 0 Å². The van der Waals surface area contributed by atoms with Gasteiger partial charge in [-0.2, -0.15) is 0 Å². The zero-order chi connectivity index (χ0) is 14.5. The van der Waals surface area contributed by atoms with Crippen molar-refractivity contribution in [3.05, 3.63) is 39.6 Å². The molecule has 1 heterocycles. The number of benzene rings is 1. The van der Waals surface area contributed by atoms with Gasteiger partial charge < -0.3 is 9.67 Å². The molecule has 0 spiro atoms. The second-order valence-electron chi connectivity index (χ2n) is 4.20. The molecule has 0 aliphatic carbocycles. The first-order valence-electron chi connectivity index (χ1n) is 6.26. The molecule has 0 unspecified atom stereocenters. The largest absolute Gasteiger partial charge is 0.388 e. The van der Waals surface area contributed by atoms with Gasteiger partial charge in [0, 0.05) is 22.3 Å². The minimum atomic E-state index is -0.111. The minimum absolute atomic E-state index is 0.111. The number of aliphatic hydroxyl groups is 1. The molecule has 2 aromatic rings. The van der Waals surface area contributed by atoms with E-state index in [0.717, 1.165) is 23.7 Å². The van der Waals surface area contributed by atoms with Crippen molar-refractivity contribution < 1.29 is 5.11 Å². The Bertz CT molecular complexity index is 569. The van der Waals surface area contributed by atoms with Gasteiger partial charge in [0.1, 0.15) is 6.61 Å². The van der Waals surface area contributed by atoms with Crippen LogP contribution in [0.5, 0.6) is 0 Å². The average Bonchev–Trinajstić information content (AvgIpc) is 2.81. The van der Waals surface area contributed by atoms with E-state index in [2.05, 4.69) is 17.1 Å². The fourth-order valence-electron chi connectivity index (χ4n) is 1.80. The maximum Gasteiger partial charge on any atom is 0.191 e. The maximum atomic E-state index is 9.26. The summed E-state index contributed by atoms with van der Waals surface area (Å²) < 4.78 is 1.93. The van der Waals surface area contributed by atoms with Gasteiger partial charge in [-0.25, -0.2) is 0 Å².